The van der Waals surface area contributed by atoms with Crippen LogP contribution >= 0.6 is 12.2 Å². The molecule has 1 aliphatic rings. The molecule has 0 saturated carbocycles. The van der Waals surface area contributed by atoms with Gasteiger partial charge in [0, 0.05) is 24.7 Å². The van der Waals surface area contributed by atoms with Gasteiger partial charge < -0.3 is 14.8 Å². The maximum absolute atomic E-state index is 12.7. The number of aromatic amines is 1. The highest BCUT2D eigenvalue weighted by atomic mass is 32.1. The summed E-state index contributed by atoms with van der Waals surface area (Å²) in [5.41, 5.74) is 2.07. The summed E-state index contributed by atoms with van der Waals surface area (Å²) in [5, 5.41) is 9.90. The second-order valence-corrected chi connectivity index (χ2v) is 8.29. The highest BCUT2D eigenvalue weighted by Gasteiger charge is 2.36. The predicted molar refractivity (Wildman–Crippen MR) is 115 cm³/mol. The number of carbonyl (C=O) groups excluding carboxylic acids is 2. The molecule has 29 heavy (non-hydrogen) atoms. The molecule has 1 fully saturated rings. The van der Waals surface area contributed by atoms with E-state index in [1.165, 1.54) is 0 Å². The van der Waals surface area contributed by atoms with Gasteiger partial charge >= 0.3 is 0 Å². The zero-order chi connectivity index (χ0) is 21.1. The van der Waals surface area contributed by atoms with E-state index in [-0.39, 0.29) is 36.7 Å². The van der Waals surface area contributed by atoms with Crippen LogP contribution in [-0.4, -0.2) is 33.1 Å². The maximum Gasteiger partial charge on any atom is 0.227 e. The first-order chi connectivity index (χ1) is 13.8. The van der Waals surface area contributed by atoms with Crippen molar-refractivity contribution in [2.24, 2.45) is 5.92 Å². The van der Waals surface area contributed by atoms with Crippen LogP contribution in [0.3, 0.4) is 0 Å². The number of hydrogen-bond acceptors (Lipinski definition) is 4. The van der Waals surface area contributed by atoms with Crippen molar-refractivity contribution >= 4 is 29.7 Å². The van der Waals surface area contributed by atoms with E-state index in [4.69, 9.17) is 12.2 Å². The molecule has 1 aliphatic heterocycles. The molecule has 0 spiro atoms. The van der Waals surface area contributed by atoms with Crippen LogP contribution in [0.2, 0.25) is 0 Å². The third-order valence-electron chi connectivity index (χ3n) is 5.58. The molecule has 2 unspecified atom stereocenters. The summed E-state index contributed by atoms with van der Waals surface area (Å²) in [6.45, 7) is 8.99. The standard InChI is InChI=1S/C21H29N5O2S/c1-5-14(4)16-8-6-7-9-17(16)25-12-15(10-19(25)27)20(28)22-11-18-23-24-21(29)26(18)13(2)3/h6-9,13-15H,5,10-12H2,1-4H3,(H,22,28)(H,24,29). The molecule has 0 radical (unpaired) electrons. The Hall–Kier alpha value is -2.48. The lowest BCUT2D eigenvalue weighted by Crippen LogP contribution is -2.33. The first kappa shape index (κ1) is 21.2. The molecule has 8 heteroatoms. The van der Waals surface area contributed by atoms with Gasteiger partial charge in [-0.15, -0.1) is 0 Å². The molecular weight excluding hydrogens is 386 g/mol. The van der Waals surface area contributed by atoms with Gasteiger partial charge in [-0.25, -0.2) is 0 Å². The fourth-order valence-electron chi connectivity index (χ4n) is 3.79. The lowest BCUT2D eigenvalue weighted by Gasteiger charge is -2.23. The Labute approximate surface area is 176 Å². The van der Waals surface area contributed by atoms with Crippen molar-refractivity contribution < 1.29 is 9.59 Å². The number of H-pyrrole nitrogens is 1. The molecule has 2 heterocycles. The SMILES string of the molecule is CCC(C)c1ccccc1N1CC(C(=O)NCc2n[nH]c(=S)n2C(C)C)CC1=O. The minimum absolute atomic E-state index is 0.00855. The first-order valence-electron chi connectivity index (χ1n) is 10.2. The van der Waals surface area contributed by atoms with E-state index in [1.54, 1.807) is 4.90 Å². The van der Waals surface area contributed by atoms with Crippen molar-refractivity contribution in [3.8, 4) is 0 Å². The molecule has 156 valence electrons. The van der Waals surface area contributed by atoms with E-state index in [9.17, 15) is 9.59 Å². The van der Waals surface area contributed by atoms with E-state index in [0.717, 1.165) is 17.7 Å². The van der Waals surface area contributed by atoms with Crippen LogP contribution in [0.4, 0.5) is 5.69 Å². The van der Waals surface area contributed by atoms with Crippen LogP contribution in [-0.2, 0) is 16.1 Å². The van der Waals surface area contributed by atoms with Gasteiger partial charge in [0.2, 0.25) is 11.8 Å². The van der Waals surface area contributed by atoms with E-state index in [2.05, 4.69) is 35.4 Å². The fourth-order valence-corrected chi connectivity index (χ4v) is 4.15. The number of aromatic nitrogens is 3. The predicted octanol–water partition coefficient (Wildman–Crippen LogP) is 3.70. The Kier molecular flexibility index (Phi) is 6.52. The average Bonchev–Trinajstić information content (AvgIpc) is 3.28. The Bertz CT molecular complexity index is 949. The summed E-state index contributed by atoms with van der Waals surface area (Å²) in [4.78, 5) is 27.2. The van der Waals surface area contributed by atoms with Crippen LogP contribution in [0.15, 0.2) is 24.3 Å². The number of hydrogen-bond donors (Lipinski definition) is 2. The molecule has 2 N–H and O–H groups in total. The molecule has 1 aromatic heterocycles. The highest BCUT2D eigenvalue weighted by molar-refractivity contribution is 7.71. The van der Waals surface area contributed by atoms with Crippen molar-refractivity contribution in [1.29, 1.82) is 0 Å². The Morgan fingerprint density at radius 3 is 2.76 bits per heavy atom. The Morgan fingerprint density at radius 1 is 1.34 bits per heavy atom. The largest absolute Gasteiger partial charge is 0.348 e. The van der Waals surface area contributed by atoms with Crippen LogP contribution in [0.1, 0.15) is 63.9 Å². The molecule has 1 saturated heterocycles. The quantitative estimate of drug-likeness (QED) is 0.676. The number of nitrogens with one attached hydrogen (secondary N) is 2. The number of benzene rings is 1. The topological polar surface area (TPSA) is 83.0 Å². The van der Waals surface area contributed by atoms with Gasteiger partial charge in [0.25, 0.3) is 0 Å². The van der Waals surface area contributed by atoms with Crippen LogP contribution < -0.4 is 10.2 Å². The zero-order valence-corrected chi connectivity index (χ0v) is 18.3. The Balaban J connectivity index is 1.70. The first-order valence-corrected chi connectivity index (χ1v) is 10.6. The minimum Gasteiger partial charge on any atom is -0.348 e. The molecule has 7 nitrogen and oxygen atoms in total. The zero-order valence-electron chi connectivity index (χ0n) is 17.4. The third kappa shape index (κ3) is 4.42. The van der Waals surface area contributed by atoms with Crippen LogP contribution in [0.5, 0.6) is 0 Å². The molecular formula is C21H29N5O2S. The van der Waals surface area contributed by atoms with E-state index < -0.39 is 0 Å². The van der Waals surface area contributed by atoms with Crippen LogP contribution in [0, 0.1) is 10.7 Å². The van der Waals surface area contributed by atoms with Gasteiger partial charge in [0.1, 0.15) is 0 Å². The summed E-state index contributed by atoms with van der Waals surface area (Å²) in [5.74, 6) is 0.519. The Morgan fingerprint density at radius 2 is 2.07 bits per heavy atom. The van der Waals surface area contributed by atoms with Crippen LogP contribution in [0.25, 0.3) is 0 Å². The average molecular weight is 416 g/mol. The van der Waals surface area contributed by atoms with Crippen molar-refractivity contribution in [3.05, 3.63) is 40.4 Å². The summed E-state index contributed by atoms with van der Waals surface area (Å²) in [6, 6.07) is 8.13. The van der Waals surface area contributed by atoms with Gasteiger partial charge in [-0.2, -0.15) is 5.10 Å². The van der Waals surface area contributed by atoms with Gasteiger partial charge in [-0.3, -0.25) is 14.7 Å². The van der Waals surface area contributed by atoms with Crippen molar-refractivity contribution in [1.82, 2.24) is 20.1 Å². The summed E-state index contributed by atoms with van der Waals surface area (Å²) < 4.78 is 2.41. The third-order valence-corrected chi connectivity index (χ3v) is 5.87. The van der Waals surface area contributed by atoms with Crippen molar-refractivity contribution in [3.63, 3.8) is 0 Å². The van der Waals surface area contributed by atoms with Gasteiger partial charge in [-0.05, 0) is 50.0 Å². The maximum atomic E-state index is 12.7. The van der Waals surface area contributed by atoms with E-state index >= 15 is 0 Å². The molecule has 3 rings (SSSR count). The molecule has 0 aliphatic carbocycles. The smallest absolute Gasteiger partial charge is 0.227 e. The van der Waals surface area contributed by atoms with E-state index in [0.29, 0.717) is 23.1 Å². The van der Waals surface area contributed by atoms with Gasteiger partial charge in [-0.1, -0.05) is 32.0 Å². The van der Waals surface area contributed by atoms with Gasteiger partial charge in [0.05, 0.1) is 12.5 Å². The summed E-state index contributed by atoms with van der Waals surface area (Å²) >= 11 is 5.25. The number of amides is 2. The molecule has 2 atom stereocenters. The second-order valence-electron chi connectivity index (χ2n) is 7.90. The second kappa shape index (κ2) is 8.90. The normalized spacial score (nSPS) is 17.8. The summed E-state index contributed by atoms with van der Waals surface area (Å²) in [6.07, 6.45) is 1.21. The summed E-state index contributed by atoms with van der Waals surface area (Å²) in [7, 11) is 0. The lowest BCUT2D eigenvalue weighted by molar-refractivity contribution is -0.126. The fraction of sp³-hybridized carbons (Fsp3) is 0.524. The molecule has 2 aromatic rings. The number of anilines is 1. The minimum atomic E-state index is -0.373. The number of carbonyl (C=O) groups is 2. The highest BCUT2D eigenvalue weighted by Crippen LogP contribution is 2.33. The number of rotatable bonds is 7. The molecule has 0 bridgehead atoms. The van der Waals surface area contributed by atoms with Crippen molar-refractivity contribution in [2.45, 2.75) is 59.0 Å². The van der Waals surface area contributed by atoms with Crippen molar-refractivity contribution in [2.75, 3.05) is 11.4 Å². The number of nitrogens with zero attached hydrogens (tertiary/aromatic N) is 3. The molecule has 2 amide bonds. The molecule has 1 aromatic carbocycles. The monoisotopic (exact) mass is 415 g/mol. The lowest BCUT2D eigenvalue weighted by atomic mass is 9.96. The van der Waals surface area contributed by atoms with Gasteiger partial charge in [0.15, 0.2) is 10.6 Å². The number of para-hydroxylation sites is 1. The van der Waals surface area contributed by atoms with E-state index in [1.807, 2.05) is 36.6 Å².